The Kier molecular flexibility index (Phi) is 6.22. The highest BCUT2D eigenvalue weighted by atomic mass is 16.2. The van der Waals surface area contributed by atoms with Crippen LogP contribution in [0, 0.1) is 24.2 Å². The largest absolute Gasteiger partial charge is 0.359 e. The van der Waals surface area contributed by atoms with Gasteiger partial charge in [-0.3, -0.25) is 9.78 Å². The number of nitrogens with zero attached hydrogens (tertiary/aromatic N) is 3. The first-order chi connectivity index (χ1) is 13.2. The maximum Gasteiger partial charge on any atom is 0.266 e. The van der Waals surface area contributed by atoms with E-state index in [-0.39, 0.29) is 11.5 Å². The van der Waals surface area contributed by atoms with Gasteiger partial charge in [-0.05, 0) is 49.8 Å². The third kappa shape index (κ3) is 5.18. The molecule has 1 aromatic heterocycles. The van der Waals surface area contributed by atoms with Gasteiger partial charge >= 0.3 is 0 Å². The van der Waals surface area contributed by atoms with E-state index in [0.717, 1.165) is 30.6 Å². The van der Waals surface area contributed by atoms with E-state index >= 15 is 0 Å². The Morgan fingerprint density at radius 3 is 2.63 bits per heavy atom. The smallest absolute Gasteiger partial charge is 0.266 e. The summed E-state index contributed by atoms with van der Waals surface area (Å²) in [4.78, 5) is 18.6. The molecule has 0 bridgehead atoms. The molecule has 0 atom stereocenters. The summed E-state index contributed by atoms with van der Waals surface area (Å²) < 4.78 is 0. The molecule has 0 aliphatic carbocycles. The van der Waals surface area contributed by atoms with Crippen molar-refractivity contribution in [2.45, 2.75) is 26.2 Å². The van der Waals surface area contributed by atoms with E-state index in [9.17, 15) is 10.1 Å². The number of carbonyl (C=O) groups is 1. The number of carbonyl (C=O) groups excluding carboxylic acids is 1. The van der Waals surface area contributed by atoms with Gasteiger partial charge in [0.05, 0.1) is 11.9 Å². The SMILES string of the molecule is Cc1ccc(N/C=C(/C#N)C(=O)N2CCC(Cc3ccccc3)CC2)cn1. The highest BCUT2D eigenvalue weighted by Gasteiger charge is 2.25. The Labute approximate surface area is 160 Å². The van der Waals surface area contributed by atoms with E-state index in [2.05, 4.69) is 34.6 Å². The van der Waals surface area contributed by atoms with E-state index < -0.39 is 0 Å². The molecule has 0 radical (unpaired) electrons. The molecule has 1 aromatic carbocycles. The number of hydrogen-bond acceptors (Lipinski definition) is 4. The number of rotatable bonds is 5. The molecule has 0 spiro atoms. The molecule has 27 heavy (non-hydrogen) atoms. The molecule has 5 nitrogen and oxygen atoms in total. The topological polar surface area (TPSA) is 69.0 Å². The van der Waals surface area contributed by atoms with E-state index in [1.807, 2.05) is 31.2 Å². The third-order valence-electron chi connectivity index (χ3n) is 4.91. The fraction of sp³-hybridized carbons (Fsp3) is 0.318. The van der Waals surface area contributed by atoms with E-state index in [1.54, 1.807) is 11.1 Å². The number of hydrogen-bond donors (Lipinski definition) is 1. The van der Waals surface area contributed by atoms with Crippen molar-refractivity contribution >= 4 is 11.6 Å². The second kappa shape index (κ2) is 9.00. The Hall–Kier alpha value is -3.13. The van der Waals surface area contributed by atoms with Crippen LogP contribution in [0.1, 0.15) is 24.1 Å². The molecule has 0 saturated carbocycles. The van der Waals surface area contributed by atoms with Crippen molar-refractivity contribution in [2.75, 3.05) is 18.4 Å². The molecular weight excluding hydrogens is 336 g/mol. The lowest BCUT2D eigenvalue weighted by molar-refractivity contribution is -0.128. The average Bonchev–Trinajstić information content (AvgIpc) is 2.71. The van der Waals surface area contributed by atoms with Gasteiger partial charge in [0.2, 0.25) is 0 Å². The Balaban J connectivity index is 1.54. The number of likely N-dealkylation sites (tertiary alicyclic amines) is 1. The minimum atomic E-state index is -0.205. The first-order valence-electron chi connectivity index (χ1n) is 9.28. The van der Waals surface area contributed by atoms with Crippen LogP contribution < -0.4 is 5.32 Å². The van der Waals surface area contributed by atoms with Gasteiger partial charge in [-0.25, -0.2) is 0 Å². The predicted molar refractivity (Wildman–Crippen MR) is 106 cm³/mol. The summed E-state index contributed by atoms with van der Waals surface area (Å²) in [5.41, 5.74) is 3.13. The molecule has 0 unspecified atom stereocenters. The van der Waals surface area contributed by atoms with E-state index in [4.69, 9.17) is 0 Å². The van der Waals surface area contributed by atoms with Gasteiger partial charge in [0.25, 0.3) is 5.91 Å². The number of piperidine rings is 1. The lowest BCUT2D eigenvalue weighted by Crippen LogP contribution is -2.39. The molecule has 1 saturated heterocycles. The maximum absolute atomic E-state index is 12.6. The van der Waals surface area contributed by atoms with Gasteiger partial charge in [0, 0.05) is 25.0 Å². The highest BCUT2D eigenvalue weighted by molar-refractivity contribution is 5.97. The Morgan fingerprint density at radius 1 is 1.26 bits per heavy atom. The summed E-state index contributed by atoms with van der Waals surface area (Å²) in [5.74, 6) is 0.381. The molecule has 1 aliphatic rings. The van der Waals surface area contributed by atoms with Gasteiger partial charge in [-0.15, -0.1) is 0 Å². The van der Waals surface area contributed by atoms with Gasteiger partial charge in [-0.2, -0.15) is 5.26 Å². The van der Waals surface area contributed by atoms with Crippen LogP contribution in [0.4, 0.5) is 5.69 Å². The number of amides is 1. The van der Waals surface area contributed by atoms with Crippen LogP contribution >= 0.6 is 0 Å². The monoisotopic (exact) mass is 360 g/mol. The summed E-state index contributed by atoms with van der Waals surface area (Å²) in [5, 5.41) is 12.4. The number of nitriles is 1. The number of aryl methyl sites for hydroxylation is 1. The molecule has 1 aliphatic heterocycles. The van der Waals surface area contributed by atoms with Crippen molar-refractivity contribution in [3.8, 4) is 6.07 Å². The van der Waals surface area contributed by atoms with Crippen LogP contribution in [0.2, 0.25) is 0 Å². The van der Waals surface area contributed by atoms with Crippen molar-refractivity contribution in [3.63, 3.8) is 0 Å². The highest BCUT2D eigenvalue weighted by Crippen LogP contribution is 2.22. The van der Waals surface area contributed by atoms with Gasteiger partial charge in [-0.1, -0.05) is 30.3 Å². The maximum atomic E-state index is 12.6. The van der Waals surface area contributed by atoms with E-state index in [1.165, 1.54) is 11.8 Å². The van der Waals surface area contributed by atoms with Crippen molar-refractivity contribution in [1.29, 1.82) is 5.26 Å². The van der Waals surface area contributed by atoms with Crippen molar-refractivity contribution < 1.29 is 4.79 Å². The fourth-order valence-electron chi connectivity index (χ4n) is 3.31. The molecule has 1 fully saturated rings. The molecule has 1 N–H and O–H groups in total. The number of anilines is 1. The minimum Gasteiger partial charge on any atom is -0.359 e. The van der Waals surface area contributed by atoms with Crippen LogP contribution in [0.25, 0.3) is 0 Å². The Bertz CT molecular complexity index is 829. The average molecular weight is 360 g/mol. The molecule has 1 amide bonds. The van der Waals surface area contributed by atoms with Crippen molar-refractivity contribution in [1.82, 2.24) is 9.88 Å². The van der Waals surface area contributed by atoms with Crippen molar-refractivity contribution in [3.05, 3.63) is 71.7 Å². The lowest BCUT2D eigenvalue weighted by Gasteiger charge is -2.32. The first kappa shape index (κ1) is 18.7. The molecule has 5 heteroatoms. The normalized spacial score (nSPS) is 15.3. The lowest BCUT2D eigenvalue weighted by atomic mass is 9.90. The third-order valence-corrected chi connectivity index (χ3v) is 4.91. The molecule has 2 aromatic rings. The number of benzene rings is 1. The summed E-state index contributed by atoms with van der Waals surface area (Å²) in [6.45, 7) is 3.30. The second-order valence-electron chi connectivity index (χ2n) is 6.93. The minimum absolute atomic E-state index is 0.122. The van der Waals surface area contributed by atoms with Crippen LogP contribution in [-0.2, 0) is 11.2 Å². The summed E-state index contributed by atoms with van der Waals surface area (Å²) >= 11 is 0. The van der Waals surface area contributed by atoms with Crippen LogP contribution in [-0.4, -0.2) is 28.9 Å². The molecule has 138 valence electrons. The van der Waals surface area contributed by atoms with E-state index in [0.29, 0.717) is 19.0 Å². The second-order valence-corrected chi connectivity index (χ2v) is 6.93. The summed E-state index contributed by atoms with van der Waals surface area (Å²) in [6, 6.07) is 16.2. The molecular formula is C22H24N4O. The number of nitrogens with one attached hydrogen (secondary N) is 1. The summed E-state index contributed by atoms with van der Waals surface area (Å²) in [7, 11) is 0. The van der Waals surface area contributed by atoms with Crippen LogP contribution in [0.3, 0.4) is 0 Å². The zero-order chi connectivity index (χ0) is 19.1. The zero-order valence-corrected chi connectivity index (χ0v) is 15.6. The quantitative estimate of drug-likeness (QED) is 0.652. The molecule has 2 heterocycles. The van der Waals surface area contributed by atoms with Gasteiger partial charge in [0.15, 0.2) is 0 Å². The van der Waals surface area contributed by atoms with Crippen molar-refractivity contribution in [2.24, 2.45) is 5.92 Å². The first-order valence-corrected chi connectivity index (χ1v) is 9.28. The van der Waals surface area contributed by atoms with Gasteiger partial charge < -0.3 is 10.2 Å². The summed E-state index contributed by atoms with van der Waals surface area (Å²) in [6.07, 6.45) is 6.14. The fourth-order valence-corrected chi connectivity index (χ4v) is 3.31. The van der Waals surface area contributed by atoms with Crippen LogP contribution in [0.5, 0.6) is 0 Å². The predicted octanol–water partition coefficient (Wildman–Crippen LogP) is 3.69. The zero-order valence-electron chi connectivity index (χ0n) is 15.6. The van der Waals surface area contributed by atoms with Gasteiger partial charge in [0.1, 0.15) is 11.6 Å². The number of aromatic nitrogens is 1. The Morgan fingerprint density at radius 2 is 2.00 bits per heavy atom. The number of pyridine rings is 1. The molecule has 3 rings (SSSR count). The van der Waals surface area contributed by atoms with Crippen LogP contribution in [0.15, 0.2) is 60.4 Å². The standard InChI is InChI=1S/C22H24N4O/c1-17-7-8-21(16-24-17)25-15-20(14-23)22(27)26-11-9-19(10-12-26)13-18-5-3-2-4-6-18/h2-8,15-16,19,25H,9-13H2,1H3/b20-15-.